The molecule has 2 rings (SSSR count). The zero-order chi connectivity index (χ0) is 16.7. The van der Waals surface area contributed by atoms with Crippen molar-refractivity contribution in [2.24, 2.45) is 0 Å². The minimum atomic E-state index is -3.41. The molecule has 4 heteroatoms. The van der Waals surface area contributed by atoms with E-state index in [0.29, 0.717) is 11.4 Å². The van der Waals surface area contributed by atoms with Crippen LogP contribution in [0.3, 0.4) is 0 Å². The van der Waals surface area contributed by atoms with Crippen LogP contribution in [0, 0.1) is 34.6 Å². The Morgan fingerprint density at radius 3 is 1.91 bits per heavy atom. The molecule has 1 aromatic rings. The highest BCUT2D eigenvalue weighted by Crippen LogP contribution is 2.34. The zero-order valence-electron chi connectivity index (χ0n) is 14.8. The fourth-order valence-electron chi connectivity index (χ4n) is 3.67. The number of benzene rings is 1. The van der Waals surface area contributed by atoms with Crippen molar-refractivity contribution in [2.75, 3.05) is 6.54 Å². The van der Waals surface area contributed by atoms with Crippen molar-refractivity contribution in [2.45, 2.75) is 78.2 Å². The van der Waals surface area contributed by atoms with Crippen molar-refractivity contribution in [1.29, 1.82) is 0 Å². The summed E-state index contributed by atoms with van der Waals surface area (Å²) in [6.07, 6.45) is 3.98. The smallest absolute Gasteiger partial charge is 0.207 e. The normalized spacial score (nSPS) is 20.4. The van der Waals surface area contributed by atoms with Crippen molar-refractivity contribution in [3.63, 3.8) is 0 Å². The van der Waals surface area contributed by atoms with Crippen LogP contribution in [-0.2, 0) is 10.0 Å². The lowest BCUT2D eigenvalue weighted by Crippen LogP contribution is -2.43. The van der Waals surface area contributed by atoms with E-state index >= 15 is 0 Å². The number of rotatable bonds is 3. The van der Waals surface area contributed by atoms with Crippen LogP contribution in [0.4, 0.5) is 0 Å². The van der Waals surface area contributed by atoms with Crippen molar-refractivity contribution >= 4 is 10.0 Å². The van der Waals surface area contributed by atoms with E-state index in [9.17, 15) is 8.42 Å². The lowest BCUT2D eigenvalue weighted by Gasteiger charge is -2.35. The first-order valence-electron chi connectivity index (χ1n) is 8.32. The Bertz CT molecular complexity index is 648. The van der Waals surface area contributed by atoms with Gasteiger partial charge in [-0.05, 0) is 81.7 Å². The van der Waals surface area contributed by atoms with Crippen molar-refractivity contribution in [1.82, 2.24) is 4.31 Å². The van der Waals surface area contributed by atoms with E-state index in [1.54, 1.807) is 4.31 Å². The molecule has 0 N–H and O–H groups in total. The molecule has 0 aliphatic carbocycles. The van der Waals surface area contributed by atoms with E-state index in [4.69, 9.17) is 0 Å². The first kappa shape index (κ1) is 17.5. The van der Waals surface area contributed by atoms with Crippen LogP contribution >= 0.6 is 0 Å². The monoisotopic (exact) mass is 323 g/mol. The number of nitrogens with zero attached hydrogens (tertiary/aromatic N) is 1. The maximum atomic E-state index is 13.3. The summed E-state index contributed by atoms with van der Waals surface area (Å²) in [5, 5.41) is 0. The highest BCUT2D eigenvalue weighted by Gasteiger charge is 2.35. The zero-order valence-corrected chi connectivity index (χ0v) is 15.6. The van der Waals surface area contributed by atoms with Crippen LogP contribution in [0.5, 0.6) is 0 Å². The summed E-state index contributed by atoms with van der Waals surface area (Å²) in [7, 11) is -3.41. The van der Waals surface area contributed by atoms with Gasteiger partial charge < -0.3 is 0 Å². The molecular formula is C18H29NO2S. The fraction of sp³-hybridized carbons (Fsp3) is 0.667. The van der Waals surface area contributed by atoms with Crippen LogP contribution in [0.1, 0.15) is 60.4 Å². The summed E-state index contributed by atoms with van der Waals surface area (Å²) >= 11 is 0. The maximum Gasteiger partial charge on any atom is 0.243 e. The van der Waals surface area contributed by atoms with E-state index < -0.39 is 10.0 Å². The third kappa shape index (κ3) is 2.71. The Balaban J connectivity index is 2.64. The average molecular weight is 324 g/mol. The van der Waals surface area contributed by atoms with Gasteiger partial charge in [0.1, 0.15) is 0 Å². The molecule has 124 valence electrons. The topological polar surface area (TPSA) is 37.4 Å². The third-order valence-corrected chi connectivity index (χ3v) is 7.77. The first-order valence-corrected chi connectivity index (χ1v) is 9.76. The maximum absolute atomic E-state index is 13.3. The fourth-order valence-corrected chi connectivity index (χ4v) is 6.00. The molecule has 3 nitrogen and oxygen atoms in total. The van der Waals surface area contributed by atoms with Crippen LogP contribution in [0.15, 0.2) is 4.90 Å². The summed E-state index contributed by atoms with van der Waals surface area (Å²) in [5.41, 5.74) is 5.25. The van der Waals surface area contributed by atoms with Gasteiger partial charge in [-0.3, -0.25) is 0 Å². The van der Waals surface area contributed by atoms with E-state index in [0.717, 1.165) is 47.9 Å². The van der Waals surface area contributed by atoms with Crippen molar-refractivity contribution in [3.8, 4) is 0 Å². The average Bonchev–Trinajstić information content (AvgIpc) is 2.50. The van der Waals surface area contributed by atoms with E-state index in [1.165, 1.54) is 5.56 Å². The summed E-state index contributed by atoms with van der Waals surface area (Å²) in [4.78, 5) is 0.549. The predicted octanol–water partition coefficient (Wildman–Crippen LogP) is 4.18. The summed E-state index contributed by atoms with van der Waals surface area (Å²) in [6, 6.07) is 0.152. The predicted molar refractivity (Wildman–Crippen MR) is 91.9 cm³/mol. The molecule has 0 aromatic heterocycles. The highest BCUT2D eigenvalue weighted by molar-refractivity contribution is 7.89. The van der Waals surface area contributed by atoms with Crippen LogP contribution < -0.4 is 0 Å². The molecule has 0 spiro atoms. The molecule has 1 aromatic carbocycles. The molecule has 0 bridgehead atoms. The molecule has 0 saturated carbocycles. The van der Waals surface area contributed by atoms with Gasteiger partial charge in [0.25, 0.3) is 0 Å². The van der Waals surface area contributed by atoms with Gasteiger partial charge in [0.2, 0.25) is 10.0 Å². The third-order valence-electron chi connectivity index (χ3n) is 5.54. The lowest BCUT2D eigenvalue weighted by atomic mass is 9.95. The largest absolute Gasteiger partial charge is 0.243 e. The highest BCUT2D eigenvalue weighted by atomic mass is 32.2. The van der Waals surface area contributed by atoms with Crippen LogP contribution in [-0.4, -0.2) is 25.3 Å². The van der Waals surface area contributed by atoms with Gasteiger partial charge in [0, 0.05) is 12.6 Å². The number of sulfonamides is 1. The SMILES string of the molecule is CCC1CCCCN1S(=O)(=O)c1c(C)c(C)c(C)c(C)c1C. The van der Waals surface area contributed by atoms with Gasteiger partial charge in [-0.25, -0.2) is 8.42 Å². The van der Waals surface area contributed by atoms with Gasteiger partial charge in [-0.15, -0.1) is 0 Å². The van der Waals surface area contributed by atoms with E-state index in [-0.39, 0.29) is 6.04 Å². The van der Waals surface area contributed by atoms with E-state index in [2.05, 4.69) is 13.8 Å². The molecule has 1 aliphatic rings. The van der Waals surface area contributed by atoms with E-state index in [1.807, 2.05) is 27.7 Å². The standard InChI is InChI=1S/C18H29NO2S/c1-7-17-10-8-9-11-19(17)22(20,21)18-15(5)13(3)12(2)14(4)16(18)6/h17H,7-11H2,1-6H3. The molecule has 1 heterocycles. The second-order valence-corrected chi connectivity index (χ2v) is 8.46. The summed E-state index contributed by atoms with van der Waals surface area (Å²) < 4.78 is 28.4. The number of hydrogen-bond acceptors (Lipinski definition) is 2. The second-order valence-electron chi connectivity index (χ2n) is 6.63. The number of piperidine rings is 1. The Labute approximate surface area is 135 Å². The molecule has 1 aliphatic heterocycles. The Morgan fingerprint density at radius 2 is 1.41 bits per heavy atom. The van der Waals surface area contributed by atoms with Gasteiger partial charge in [-0.2, -0.15) is 4.31 Å². The van der Waals surface area contributed by atoms with Crippen LogP contribution in [0.25, 0.3) is 0 Å². The minimum Gasteiger partial charge on any atom is -0.207 e. The van der Waals surface area contributed by atoms with Crippen LogP contribution in [0.2, 0.25) is 0 Å². The van der Waals surface area contributed by atoms with Gasteiger partial charge in [-0.1, -0.05) is 13.3 Å². The minimum absolute atomic E-state index is 0.152. The Hall–Kier alpha value is -0.870. The molecule has 1 atom stereocenters. The molecule has 1 saturated heterocycles. The van der Waals surface area contributed by atoms with Gasteiger partial charge >= 0.3 is 0 Å². The molecule has 22 heavy (non-hydrogen) atoms. The Kier molecular flexibility index (Phi) is 5.03. The molecule has 0 radical (unpaired) electrons. The number of hydrogen-bond donors (Lipinski definition) is 0. The summed E-state index contributed by atoms with van der Waals surface area (Å²) in [5.74, 6) is 0. The molecule has 0 amide bonds. The first-order chi connectivity index (χ1) is 10.2. The lowest BCUT2D eigenvalue weighted by molar-refractivity contribution is 0.246. The molecular weight excluding hydrogens is 294 g/mol. The van der Waals surface area contributed by atoms with Gasteiger partial charge in [0.05, 0.1) is 4.90 Å². The quantitative estimate of drug-likeness (QED) is 0.836. The van der Waals surface area contributed by atoms with Gasteiger partial charge in [0.15, 0.2) is 0 Å². The molecule has 1 unspecified atom stereocenters. The van der Waals surface area contributed by atoms with Crippen molar-refractivity contribution < 1.29 is 8.42 Å². The second kappa shape index (κ2) is 6.32. The molecule has 1 fully saturated rings. The summed E-state index contributed by atoms with van der Waals surface area (Å²) in [6.45, 7) is 12.8. The Morgan fingerprint density at radius 1 is 0.909 bits per heavy atom. The van der Waals surface area contributed by atoms with Crippen molar-refractivity contribution in [3.05, 3.63) is 27.8 Å².